The van der Waals surface area contributed by atoms with Crippen LogP contribution in [0.5, 0.6) is 0 Å². The molecular formula is C36H25N3O5P+. The molecule has 6 aromatic rings. The average molecular weight is 611 g/mol. The van der Waals surface area contributed by atoms with Gasteiger partial charge in [0.1, 0.15) is 5.29 Å². The number of hydrogen-bond acceptors (Lipinski definition) is 5. The van der Waals surface area contributed by atoms with Crippen molar-refractivity contribution in [3.63, 3.8) is 0 Å². The minimum absolute atomic E-state index is 0.0526. The smallest absolute Gasteiger partial charge is 0.302 e. The topological polar surface area (TPSA) is 108 Å². The monoisotopic (exact) mass is 610 g/mol. The van der Waals surface area contributed by atoms with Crippen molar-refractivity contribution in [2.45, 2.75) is 0 Å². The number of para-hydroxylation sites is 2. The van der Waals surface area contributed by atoms with E-state index in [1.807, 2.05) is 91.0 Å². The van der Waals surface area contributed by atoms with Gasteiger partial charge in [0.05, 0.1) is 9.35 Å². The van der Waals surface area contributed by atoms with Crippen molar-refractivity contribution in [1.29, 1.82) is 0 Å². The van der Waals surface area contributed by atoms with Crippen molar-refractivity contribution in [2.75, 3.05) is 0 Å². The van der Waals surface area contributed by atoms with E-state index in [9.17, 15) is 20.2 Å². The Balaban J connectivity index is 1.76. The average Bonchev–Trinajstić information content (AvgIpc) is 3.09. The van der Waals surface area contributed by atoms with Crippen molar-refractivity contribution >= 4 is 62.2 Å². The molecule has 0 radical (unpaired) electrons. The van der Waals surface area contributed by atoms with Crippen molar-refractivity contribution < 1.29 is 19.4 Å². The highest BCUT2D eigenvalue weighted by molar-refractivity contribution is 7.97. The Morgan fingerprint density at radius 3 is 1.69 bits per heavy atom. The fraction of sp³-hybridized carbons (Fsp3) is 0. The van der Waals surface area contributed by atoms with Crippen LogP contribution in [0.2, 0.25) is 0 Å². The Kier molecular flexibility index (Phi) is 6.84. The Morgan fingerprint density at radius 1 is 0.689 bits per heavy atom. The molecule has 1 aliphatic rings. The van der Waals surface area contributed by atoms with E-state index in [0.29, 0.717) is 5.56 Å². The molecule has 0 amide bonds. The minimum atomic E-state index is -3.15. The number of aromatic nitrogens is 2. The van der Waals surface area contributed by atoms with Gasteiger partial charge in [-0.1, -0.05) is 103 Å². The van der Waals surface area contributed by atoms with Crippen LogP contribution >= 0.6 is 6.89 Å². The van der Waals surface area contributed by atoms with E-state index in [-0.39, 0.29) is 39.0 Å². The van der Waals surface area contributed by atoms with Crippen LogP contribution in [0.25, 0.3) is 22.7 Å². The summed E-state index contributed by atoms with van der Waals surface area (Å²) in [5.74, 6) is -0.402. The first kappa shape index (κ1) is 28.0. The van der Waals surface area contributed by atoms with Crippen LogP contribution in [0.1, 0.15) is 17.0 Å². The van der Waals surface area contributed by atoms with Gasteiger partial charge in [0.25, 0.3) is 11.2 Å². The summed E-state index contributed by atoms with van der Waals surface area (Å²) >= 11 is 0. The highest BCUT2D eigenvalue weighted by atomic mass is 31.2. The molecule has 8 nitrogen and oxygen atoms in total. The molecule has 0 spiro atoms. The lowest BCUT2D eigenvalue weighted by Crippen LogP contribution is -2.42. The van der Waals surface area contributed by atoms with E-state index < -0.39 is 17.6 Å². The molecule has 7 rings (SSSR count). The first-order valence-electron chi connectivity index (χ1n) is 14.2. The molecule has 1 aliphatic carbocycles. The van der Waals surface area contributed by atoms with Crippen molar-refractivity contribution in [2.24, 2.45) is 0 Å². The number of non-ortho nitro benzene ring substituents is 1. The Bertz CT molecular complexity index is 2180. The van der Waals surface area contributed by atoms with E-state index in [4.69, 9.17) is 0 Å². The molecule has 1 aromatic heterocycles. The SMILES string of the molecule is O=C1C(c2ccc([N+](=O)[O-])cc2)=Cc2c([n+](=O)c3ccccc3n2O)C1=P(c1ccccc1)(c1ccccc1)c1ccccc1. The lowest BCUT2D eigenvalue weighted by Gasteiger charge is -2.32. The van der Waals surface area contributed by atoms with E-state index in [2.05, 4.69) is 0 Å². The Morgan fingerprint density at radius 2 is 1.18 bits per heavy atom. The second-order valence-corrected chi connectivity index (χ2v) is 13.9. The normalized spacial score (nSPS) is 12.9. The molecule has 45 heavy (non-hydrogen) atoms. The molecule has 0 unspecified atom stereocenters. The first-order chi connectivity index (χ1) is 21.9. The van der Waals surface area contributed by atoms with Crippen molar-refractivity contribution in [3.8, 4) is 0 Å². The molecule has 5 aromatic carbocycles. The highest BCUT2D eigenvalue weighted by Gasteiger charge is 2.45. The number of Topliss-reactive ketones (excluding diaryl/α,β-unsaturated/α-hetero) is 1. The summed E-state index contributed by atoms with van der Waals surface area (Å²) in [5.41, 5.74) is 1.17. The molecule has 0 saturated heterocycles. The quantitative estimate of drug-likeness (QED) is 0.0933. The van der Waals surface area contributed by atoms with E-state index in [1.54, 1.807) is 24.3 Å². The second-order valence-electron chi connectivity index (χ2n) is 10.5. The van der Waals surface area contributed by atoms with Gasteiger partial charge in [-0.15, -0.1) is 0 Å². The number of ketones is 1. The van der Waals surface area contributed by atoms with Crippen LogP contribution in [-0.2, 0) is 4.79 Å². The molecule has 0 aliphatic heterocycles. The van der Waals surface area contributed by atoms with Gasteiger partial charge in [0.2, 0.25) is 5.78 Å². The van der Waals surface area contributed by atoms with Gasteiger partial charge in [0, 0.05) is 28.7 Å². The fourth-order valence-corrected chi connectivity index (χ4v) is 10.6. The van der Waals surface area contributed by atoms with E-state index in [1.165, 1.54) is 30.3 Å². The number of fused-ring (bicyclic) bond motifs is 2. The van der Waals surface area contributed by atoms with E-state index in [0.717, 1.165) is 25.1 Å². The summed E-state index contributed by atoms with van der Waals surface area (Å²) in [6.07, 6.45) is 1.50. The maximum Gasteiger partial charge on any atom is 0.302 e. The zero-order valence-corrected chi connectivity index (χ0v) is 24.6. The highest BCUT2D eigenvalue weighted by Crippen LogP contribution is 2.50. The Labute approximate surface area is 257 Å². The van der Waals surface area contributed by atoms with Gasteiger partial charge in [0.15, 0.2) is 11.2 Å². The second kappa shape index (κ2) is 11.0. The number of hydrogen-bond donors (Lipinski definition) is 1. The predicted octanol–water partition coefficient (Wildman–Crippen LogP) is 5.34. The summed E-state index contributed by atoms with van der Waals surface area (Å²) < 4.78 is 1.70. The van der Waals surface area contributed by atoms with Gasteiger partial charge in [-0.3, -0.25) is 14.9 Å². The summed E-state index contributed by atoms with van der Waals surface area (Å²) in [4.78, 5) is 40.7. The van der Waals surface area contributed by atoms with Gasteiger partial charge in [-0.25, -0.2) is 0 Å². The summed E-state index contributed by atoms with van der Waals surface area (Å²) in [5, 5.41) is 25.9. The molecule has 218 valence electrons. The predicted molar refractivity (Wildman–Crippen MR) is 178 cm³/mol. The molecule has 1 N–H and O–H groups in total. The maximum atomic E-state index is 15.2. The van der Waals surface area contributed by atoms with Crippen LogP contribution in [-0.4, -0.2) is 25.9 Å². The third-order valence-corrected chi connectivity index (χ3v) is 12.4. The third-order valence-electron chi connectivity index (χ3n) is 8.12. The molecular weight excluding hydrogens is 585 g/mol. The molecule has 9 heteroatoms. The number of allylic oxidation sites excluding steroid dienone is 1. The van der Waals surface area contributed by atoms with Crippen LogP contribution in [0, 0.1) is 15.0 Å². The standard InChI is InChI=1S/C36H25N3O5P/c40-35-30(25-20-22-26(23-21-25)39(43)44)24-33-34(38(42)32-19-11-10-18-31(32)37(33)41)36(35)45(27-12-4-1-5-13-27,28-14-6-2-7-15-28)29-16-8-3-9-17-29/h1-24,41H/q+1. The van der Waals surface area contributed by atoms with Crippen LogP contribution in [0.4, 0.5) is 5.69 Å². The van der Waals surface area contributed by atoms with Crippen LogP contribution < -0.4 is 20.3 Å². The summed E-state index contributed by atoms with van der Waals surface area (Å²) in [7, 11) is 0. The Hall–Kier alpha value is -5.85. The van der Waals surface area contributed by atoms with Gasteiger partial charge in [-0.2, -0.15) is 4.73 Å². The zero-order chi connectivity index (χ0) is 31.1. The number of nitrogens with zero attached hydrogens (tertiary/aromatic N) is 3. The molecule has 0 saturated carbocycles. The lowest BCUT2D eigenvalue weighted by molar-refractivity contribution is -0.466. The third kappa shape index (κ3) is 4.34. The van der Waals surface area contributed by atoms with E-state index >= 15 is 4.79 Å². The molecule has 0 atom stereocenters. The fourth-order valence-electron chi connectivity index (χ4n) is 6.13. The summed E-state index contributed by atoms with van der Waals surface area (Å²) in [6, 6.07) is 41.4. The van der Waals surface area contributed by atoms with Gasteiger partial charge >= 0.3 is 5.69 Å². The number of nitro groups is 1. The van der Waals surface area contributed by atoms with Gasteiger partial charge < -0.3 is 5.21 Å². The van der Waals surface area contributed by atoms with Crippen LogP contribution in [0.15, 0.2) is 140 Å². The van der Waals surface area contributed by atoms with Crippen molar-refractivity contribution in [3.05, 3.63) is 171 Å². The zero-order valence-electron chi connectivity index (χ0n) is 23.7. The number of rotatable bonds is 5. The summed E-state index contributed by atoms with van der Waals surface area (Å²) in [6.45, 7) is -3.15. The number of benzene rings is 5. The molecule has 0 fully saturated rings. The number of nitro benzene ring substituents is 1. The number of carbonyl (C=O) groups excluding carboxylic acids is 1. The first-order valence-corrected chi connectivity index (χ1v) is 16.0. The minimum Gasteiger partial charge on any atom is -0.427 e. The molecule has 1 heterocycles. The van der Waals surface area contributed by atoms with Crippen LogP contribution in [0.3, 0.4) is 0 Å². The molecule has 0 bridgehead atoms. The largest absolute Gasteiger partial charge is 0.427 e. The lowest BCUT2D eigenvalue weighted by atomic mass is 9.92. The number of carbonyl (C=O) groups is 1. The van der Waals surface area contributed by atoms with Crippen molar-refractivity contribution in [1.82, 2.24) is 4.73 Å². The maximum absolute atomic E-state index is 15.2. The van der Waals surface area contributed by atoms with Gasteiger partial charge in [-0.05, 0) is 52.6 Å².